The molecule has 0 aliphatic carbocycles. The van der Waals surface area contributed by atoms with Gasteiger partial charge < -0.3 is 9.84 Å². The first-order valence-corrected chi connectivity index (χ1v) is 3.57. The summed E-state index contributed by atoms with van der Waals surface area (Å²) in [5, 5.41) is 8.56. The molecule has 0 fully saturated rings. The van der Waals surface area contributed by atoms with Crippen LogP contribution in [0.5, 0.6) is 0 Å². The fraction of sp³-hybridized carbons (Fsp3) is 0.111. The second-order valence-corrected chi connectivity index (χ2v) is 2.37. The van der Waals surface area contributed by atoms with Gasteiger partial charge in [-0.25, -0.2) is 9.59 Å². The van der Waals surface area contributed by atoms with Crippen LogP contribution in [0.2, 0.25) is 0 Å². The van der Waals surface area contributed by atoms with Gasteiger partial charge in [-0.3, -0.25) is 0 Å². The predicted octanol–water partition coefficient (Wildman–Crippen LogP) is 0.523. The van der Waals surface area contributed by atoms with E-state index in [1.54, 1.807) is 0 Å². The van der Waals surface area contributed by atoms with Gasteiger partial charge in [0.2, 0.25) is 0 Å². The van der Waals surface area contributed by atoms with Crippen LogP contribution >= 0.6 is 0 Å². The van der Waals surface area contributed by atoms with E-state index in [-0.39, 0.29) is 56.9 Å². The van der Waals surface area contributed by atoms with Crippen molar-refractivity contribution in [1.29, 1.82) is 0 Å². The van der Waals surface area contributed by atoms with Gasteiger partial charge in [0.25, 0.3) is 0 Å². The molecule has 0 aliphatic rings. The van der Waals surface area contributed by atoms with Gasteiger partial charge in [0, 0.05) is 0 Å². The van der Waals surface area contributed by atoms with E-state index in [2.05, 4.69) is 4.74 Å². The van der Waals surface area contributed by atoms with Crippen LogP contribution < -0.4 is 0 Å². The number of carboxylic acid groups (broad SMARTS) is 1. The average Bonchev–Trinajstić information content (AvgIpc) is 2.17. The number of rotatable bonds is 2. The molecule has 0 saturated heterocycles. The summed E-state index contributed by atoms with van der Waals surface area (Å²) >= 11 is 0. The maximum absolute atomic E-state index is 10.9. The molecule has 1 rings (SSSR count). The van der Waals surface area contributed by atoms with Gasteiger partial charge in [-0.2, -0.15) is 0 Å². The van der Waals surface area contributed by atoms with Crippen LogP contribution in [-0.2, 0) is 4.74 Å². The van der Waals surface area contributed by atoms with Crippen LogP contribution in [0.3, 0.4) is 0 Å². The van der Waals surface area contributed by atoms with Crippen molar-refractivity contribution in [3.05, 3.63) is 35.4 Å². The number of hydrogen-bond donors (Lipinski definition) is 1. The van der Waals surface area contributed by atoms with E-state index < -0.39 is 11.9 Å². The summed E-state index contributed by atoms with van der Waals surface area (Å²) in [6.07, 6.45) is 0. The molecule has 0 saturated carbocycles. The standard InChI is InChI=1S/C9H8O4.K.H/c1-13-9(12)7-4-2-6(3-5-7)8(10)11;;/h2-5H,1H3,(H,10,11);;. The van der Waals surface area contributed by atoms with Crippen LogP contribution in [0, 0.1) is 0 Å². The molecule has 4 nitrogen and oxygen atoms in total. The Hall–Kier alpha value is -0.204. The molecule has 1 N–H and O–H groups in total. The molecule has 1 aromatic rings. The summed E-state index contributed by atoms with van der Waals surface area (Å²) in [6.45, 7) is 0. The van der Waals surface area contributed by atoms with Crippen molar-refractivity contribution < 1.29 is 19.4 Å². The number of benzene rings is 1. The fourth-order valence-electron chi connectivity index (χ4n) is 0.867. The molecule has 0 heterocycles. The number of methoxy groups -OCH3 is 1. The number of aromatic carboxylic acids is 1. The molecule has 0 amide bonds. The Labute approximate surface area is 124 Å². The van der Waals surface area contributed by atoms with E-state index in [1.165, 1.54) is 31.4 Å². The fourth-order valence-corrected chi connectivity index (χ4v) is 0.867. The monoisotopic (exact) mass is 220 g/mol. The first kappa shape index (κ1) is 13.8. The molecule has 0 radical (unpaired) electrons. The normalized spacial score (nSPS) is 8.64. The first-order chi connectivity index (χ1) is 6.15. The minimum absolute atomic E-state index is 0. The molecular weight excluding hydrogens is 211 g/mol. The van der Waals surface area contributed by atoms with E-state index in [1.807, 2.05) is 0 Å². The molecule has 0 atom stereocenters. The third kappa shape index (κ3) is 3.51. The molecule has 1 aromatic carbocycles. The van der Waals surface area contributed by atoms with Crippen molar-refractivity contribution >= 4 is 63.3 Å². The minimum atomic E-state index is -1.02. The second kappa shape index (κ2) is 6.31. The molecule has 70 valence electrons. The Morgan fingerprint density at radius 2 is 1.57 bits per heavy atom. The van der Waals surface area contributed by atoms with Crippen molar-refractivity contribution in [2.45, 2.75) is 0 Å². The van der Waals surface area contributed by atoms with Gasteiger partial charge in [-0.15, -0.1) is 0 Å². The van der Waals surface area contributed by atoms with E-state index >= 15 is 0 Å². The van der Waals surface area contributed by atoms with E-state index in [0.29, 0.717) is 5.56 Å². The zero-order chi connectivity index (χ0) is 9.84. The SMILES string of the molecule is COC(=O)c1ccc(C(=O)O)cc1.[KH]. The van der Waals surface area contributed by atoms with Crippen molar-refractivity contribution in [2.24, 2.45) is 0 Å². The van der Waals surface area contributed by atoms with Crippen LogP contribution in [-0.4, -0.2) is 75.5 Å². The quantitative estimate of drug-likeness (QED) is 0.583. The third-order valence-corrected chi connectivity index (χ3v) is 1.55. The van der Waals surface area contributed by atoms with Gasteiger partial charge in [0.15, 0.2) is 0 Å². The maximum atomic E-state index is 10.9. The first-order valence-electron chi connectivity index (χ1n) is 3.57. The van der Waals surface area contributed by atoms with Crippen LogP contribution in [0.4, 0.5) is 0 Å². The average molecular weight is 220 g/mol. The third-order valence-electron chi connectivity index (χ3n) is 1.55. The zero-order valence-corrected chi connectivity index (χ0v) is 6.98. The van der Waals surface area contributed by atoms with Crippen molar-refractivity contribution in [3.63, 3.8) is 0 Å². The molecule has 0 aliphatic heterocycles. The number of carbonyl (C=O) groups is 2. The van der Waals surface area contributed by atoms with Crippen LogP contribution in [0.25, 0.3) is 0 Å². The molecule has 0 aromatic heterocycles. The predicted molar refractivity (Wildman–Crippen MR) is 51.9 cm³/mol. The van der Waals surface area contributed by atoms with Crippen LogP contribution in [0.1, 0.15) is 20.7 Å². The Bertz CT molecular complexity index is 331. The van der Waals surface area contributed by atoms with Gasteiger partial charge in [-0.1, -0.05) is 0 Å². The summed E-state index contributed by atoms with van der Waals surface area (Å²) < 4.78 is 4.45. The molecule has 14 heavy (non-hydrogen) atoms. The van der Waals surface area contributed by atoms with Gasteiger partial charge >= 0.3 is 63.3 Å². The molecule has 5 heteroatoms. The number of carboxylic acids is 1. The van der Waals surface area contributed by atoms with Crippen molar-refractivity contribution in [1.82, 2.24) is 0 Å². The van der Waals surface area contributed by atoms with Crippen molar-refractivity contribution in [3.8, 4) is 0 Å². The Kier molecular flexibility index (Phi) is 6.22. The zero-order valence-electron chi connectivity index (χ0n) is 6.98. The van der Waals surface area contributed by atoms with Gasteiger partial charge in [0.05, 0.1) is 18.2 Å². The summed E-state index contributed by atoms with van der Waals surface area (Å²) in [5.41, 5.74) is 0.486. The van der Waals surface area contributed by atoms with E-state index in [0.717, 1.165) is 0 Å². The molecular formula is C9H9KO4. The van der Waals surface area contributed by atoms with Crippen molar-refractivity contribution in [2.75, 3.05) is 7.11 Å². The Morgan fingerprint density at radius 1 is 1.14 bits per heavy atom. The Morgan fingerprint density at radius 3 is 1.93 bits per heavy atom. The molecule has 0 bridgehead atoms. The van der Waals surface area contributed by atoms with E-state index in [4.69, 9.17) is 5.11 Å². The summed E-state index contributed by atoms with van der Waals surface area (Å²) in [5.74, 6) is -1.49. The van der Waals surface area contributed by atoms with Gasteiger partial charge in [-0.05, 0) is 24.3 Å². The summed E-state index contributed by atoms with van der Waals surface area (Å²) in [6, 6.07) is 5.54. The number of hydrogen-bond acceptors (Lipinski definition) is 3. The summed E-state index contributed by atoms with van der Waals surface area (Å²) in [4.78, 5) is 21.4. The second-order valence-electron chi connectivity index (χ2n) is 2.37. The molecule has 0 unspecified atom stereocenters. The topological polar surface area (TPSA) is 63.6 Å². The Balaban J connectivity index is 0.00000169. The van der Waals surface area contributed by atoms with Gasteiger partial charge in [0.1, 0.15) is 0 Å². The number of ether oxygens (including phenoxy) is 1. The number of carbonyl (C=O) groups excluding carboxylic acids is 1. The molecule has 0 spiro atoms. The van der Waals surface area contributed by atoms with E-state index in [9.17, 15) is 9.59 Å². The summed E-state index contributed by atoms with van der Waals surface area (Å²) in [7, 11) is 1.27. The van der Waals surface area contributed by atoms with Crippen LogP contribution in [0.15, 0.2) is 24.3 Å². The number of esters is 1.